The number of hydrogen-bond acceptors (Lipinski definition) is 2. The first-order chi connectivity index (χ1) is 8.89. The first-order valence-electron chi connectivity index (χ1n) is 6.52. The van der Waals surface area contributed by atoms with Gasteiger partial charge in [-0.2, -0.15) is 0 Å². The fourth-order valence-corrected chi connectivity index (χ4v) is 2.95. The van der Waals surface area contributed by atoms with Crippen LogP contribution in [0.15, 0.2) is 22.7 Å². The van der Waals surface area contributed by atoms with Crippen LogP contribution in [-0.4, -0.2) is 30.3 Å². The molecule has 0 aromatic heterocycles. The smallest absolute Gasteiger partial charge is 0.157 e. The highest BCUT2D eigenvalue weighted by atomic mass is 79.9. The number of ketones is 1. The van der Waals surface area contributed by atoms with Crippen molar-refractivity contribution in [1.82, 2.24) is 4.90 Å². The summed E-state index contributed by atoms with van der Waals surface area (Å²) in [6.45, 7) is 4.03. The summed E-state index contributed by atoms with van der Waals surface area (Å²) >= 11 is 3.22. The van der Waals surface area contributed by atoms with E-state index in [0.29, 0.717) is 10.0 Å². The van der Waals surface area contributed by atoms with Gasteiger partial charge in [0, 0.05) is 6.42 Å². The van der Waals surface area contributed by atoms with Gasteiger partial charge in [0.25, 0.3) is 0 Å². The highest BCUT2D eigenvalue weighted by Gasteiger charge is 2.36. The zero-order valence-electron chi connectivity index (χ0n) is 12.0. The molecule has 0 radical (unpaired) electrons. The molecule has 0 aliphatic carbocycles. The van der Waals surface area contributed by atoms with Crippen LogP contribution in [0.2, 0.25) is 0 Å². The third-order valence-corrected chi connectivity index (χ3v) is 4.82. The van der Waals surface area contributed by atoms with Crippen molar-refractivity contribution in [2.75, 3.05) is 14.1 Å². The highest BCUT2D eigenvalue weighted by Crippen LogP contribution is 2.27. The molecule has 0 amide bonds. The zero-order chi connectivity index (χ0) is 14.6. The Kier molecular flexibility index (Phi) is 5.68. The van der Waals surface area contributed by atoms with Crippen molar-refractivity contribution in [2.24, 2.45) is 0 Å². The average molecular weight is 330 g/mol. The Morgan fingerprint density at radius 1 is 1.32 bits per heavy atom. The van der Waals surface area contributed by atoms with Crippen LogP contribution in [0.25, 0.3) is 0 Å². The minimum atomic E-state index is -0.467. The zero-order valence-corrected chi connectivity index (χ0v) is 13.6. The molecule has 1 aromatic rings. The van der Waals surface area contributed by atoms with Gasteiger partial charge in [-0.15, -0.1) is 0 Å². The van der Waals surface area contributed by atoms with Gasteiger partial charge in [0.05, 0.1) is 10.0 Å². The lowest BCUT2D eigenvalue weighted by atomic mass is 9.83. The molecule has 0 bridgehead atoms. The van der Waals surface area contributed by atoms with Crippen LogP contribution in [0.4, 0.5) is 4.39 Å². The summed E-state index contributed by atoms with van der Waals surface area (Å²) in [6.07, 6.45) is 1.75. The maximum absolute atomic E-state index is 13.5. The molecule has 4 heteroatoms. The molecule has 0 spiro atoms. The Morgan fingerprint density at radius 3 is 2.37 bits per heavy atom. The molecule has 0 saturated carbocycles. The number of halogens is 2. The quantitative estimate of drug-likeness (QED) is 0.790. The lowest BCUT2D eigenvalue weighted by Gasteiger charge is -2.37. The van der Waals surface area contributed by atoms with Crippen LogP contribution in [0, 0.1) is 5.82 Å². The second-order valence-electron chi connectivity index (χ2n) is 4.95. The van der Waals surface area contributed by atoms with Crippen LogP contribution in [0.3, 0.4) is 0 Å². The molecule has 0 N–H and O–H groups in total. The van der Waals surface area contributed by atoms with Crippen molar-refractivity contribution in [3.8, 4) is 0 Å². The predicted molar refractivity (Wildman–Crippen MR) is 79.8 cm³/mol. The van der Waals surface area contributed by atoms with E-state index in [1.165, 1.54) is 6.07 Å². The third-order valence-electron chi connectivity index (χ3n) is 3.93. The van der Waals surface area contributed by atoms with Crippen molar-refractivity contribution in [1.29, 1.82) is 0 Å². The van der Waals surface area contributed by atoms with E-state index in [1.54, 1.807) is 12.1 Å². The standard InChI is InChI=1S/C15H21BrFNO/c1-5-15(6-2,18(3)4)13(19)10-11-8-7-9-12(17)14(11)16/h7-9H,5-6,10H2,1-4H3. The van der Waals surface area contributed by atoms with Crippen LogP contribution in [-0.2, 0) is 11.2 Å². The van der Waals surface area contributed by atoms with E-state index >= 15 is 0 Å². The minimum absolute atomic E-state index is 0.133. The van der Waals surface area contributed by atoms with Gasteiger partial charge >= 0.3 is 0 Å². The van der Waals surface area contributed by atoms with Crippen LogP contribution in [0.1, 0.15) is 32.3 Å². The van der Waals surface area contributed by atoms with Gasteiger partial charge < -0.3 is 0 Å². The van der Waals surface area contributed by atoms with E-state index in [0.717, 1.165) is 12.8 Å². The maximum Gasteiger partial charge on any atom is 0.157 e. The van der Waals surface area contributed by atoms with Gasteiger partial charge in [-0.3, -0.25) is 9.69 Å². The van der Waals surface area contributed by atoms with Gasteiger partial charge in [0.15, 0.2) is 5.78 Å². The highest BCUT2D eigenvalue weighted by molar-refractivity contribution is 9.10. The van der Waals surface area contributed by atoms with E-state index in [1.807, 2.05) is 32.8 Å². The largest absolute Gasteiger partial charge is 0.297 e. The van der Waals surface area contributed by atoms with E-state index in [4.69, 9.17) is 0 Å². The summed E-state index contributed by atoms with van der Waals surface area (Å²) in [7, 11) is 3.84. The third kappa shape index (κ3) is 3.23. The number of Topliss-reactive ketones (excluding diaryl/α,β-unsaturated/α-hetero) is 1. The molecule has 2 nitrogen and oxygen atoms in total. The fraction of sp³-hybridized carbons (Fsp3) is 0.533. The van der Waals surface area contributed by atoms with Crippen LogP contribution in [0.5, 0.6) is 0 Å². The molecule has 0 saturated heterocycles. The number of hydrogen-bond donors (Lipinski definition) is 0. The molecule has 0 aliphatic heterocycles. The van der Waals surface area contributed by atoms with Crippen molar-refractivity contribution >= 4 is 21.7 Å². The molecule has 0 atom stereocenters. The maximum atomic E-state index is 13.5. The number of benzene rings is 1. The molecule has 0 fully saturated rings. The molecule has 0 heterocycles. The topological polar surface area (TPSA) is 20.3 Å². The monoisotopic (exact) mass is 329 g/mol. The van der Waals surface area contributed by atoms with Gasteiger partial charge in [0.1, 0.15) is 5.82 Å². The van der Waals surface area contributed by atoms with Crippen LogP contribution >= 0.6 is 15.9 Å². The number of rotatable bonds is 6. The van der Waals surface area contributed by atoms with Crippen LogP contribution < -0.4 is 0 Å². The van der Waals surface area contributed by atoms with Crippen molar-refractivity contribution in [2.45, 2.75) is 38.6 Å². The van der Waals surface area contributed by atoms with E-state index in [2.05, 4.69) is 15.9 Å². The summed E-state index contributed by atoms with van der Waals surface area (Å²) < 4.78 is 13.9. The molecule has 1 rings (SSSR count). The molecule has 0 aliphatic rings. The van der Waals surface area contributed by atoms with Gasteiger partial charge in [-0.05, 0) is 54.5 Å². The average Bonchev–Trinajstić information content (AvgIpc) is 2.36. The van der Waals surface area contributed by atoms with Crippen molar-refractivity contribution in [3.05, 3.63) is 34.1 Å². The Morgan fingerprint density at radius 2 is 1.89 bits per heavy atom. The van der Waals surface area contributed by atoms with Gasteiger partial charge in [0.2, 0.25) is 0 Å². The lowest BCUT2D eigenvalue weighted by molar-refractivity contribution is -0.129. The molecular formula is C15H21BrFNO. The number of likely N-dealkylation sites (N-methyl/N-ethyl adjacent to an activating group) is 1. The SMILES string of the molecule is CCC(CC)(C(=O)Cc1cccc(F)c1Br)N(C)C. The first-order valence-corrected chi connectivity index (χ1v) is 7.32. The van der Waals surface area contributed by atoms with E-state index in [9.17, 15) is 9.18 Å². The number of carbonyl (C=O) groups is 1. The van der Waals surface area contributed by atoms with Crippen molar-refractivity contribution in [3.63, 3.8) is 0 Å². The summed E-state index contributed by atoms with van der Waals surface area (Å²) in [5, 5.41) is 0. The Hall–Kier alpha value is -0.740. The van der Waals surface area contributed by atoms with Gasteiger partial charge in [-0.25, -0.2) is 4.39 Å². The summed E-state index contributed by atoms with van der Waals surface area (Å²) in [5.74, 6) is -0.192. The summed E-state index contributed by atoms with van der Waals surface area (Å²) in [6, 6.07) is 4.81. The molecule has 19 heavy (non-hydrogen) atoms. The van der Waals surface area contributed by atoms with E-state index < -0.39 is 5.54 Å². The van der Waals surface area contributed by atoms with Gasteiger partial charge in [-0.1, -0.05) is 26.0 Å². The fourth-order valence-electron chi connectivity index (χ4n) is 2.55. The predicted octanol–water partition coefficient (Wildman–Crippen LogP) is 3.82. The Bertz CT molecular complexity index is 455. The molecule has 1 aromatic carbocycles. The lowest BCUT2D eigenvalue weighted by Crippen LogP contribution is -2.51. The number of nitrogens with zero attached hydrogens (tertiary/aromatic N) is 1. The summed E-state index contributed by atoms with van der Waals surface area (Å²) in [4.78, 5) is 14.6. The second-order valence-corrected chi connectivity index (χ2v) is 5.74. The van der Waals surface area contributed by atoms with Crippen molar-refractivity contribution < 1.29 is 9.18 Å². The molecule has 106 valence electrons. The van der Waals surface area contributed by atoms with E-state index in [-0.39, 0.29) is 18.0 Å². The molecule has 0 unspecified atom stereocenters. The summed E-state index contributed by atoms with van der Waals surface area (Å²) in [5.41, 5.74) is 0.240. The Labute approximate surface area is 123 Å². The molecular weight excluding hydrogens is 309 g/mol. The second kappa shape index (κ2) is 6.62. The number of carbonyl (C=O) groups excluding carboxylic acids is 1. The first kappa shape index (κ1) is 16.3. The minimum Gasteiger partial charge on any atom is -0.297 e. The normalized spacial score (nSPS) is 11.9. The Balaban J connectivity index is 3.04.